The number of amides is 2. The van der Waals surface area contributed by atoms with Crippen molar-refractivity contribution in [1.82, 2.24) is 0 Å². The van der Waals surface area contributed by atoms with E-state index in [0.717, 1.165) is 4.90 Å². The first-order valence-corrected chi connectivity index (χ1v) is 9.08. The number of carbonyl (C=O) groups excluding carboxylic acids is 3. The minimum atomic E-state index is -1.10. The van der Waals surface area contributed by atoms with Crippen LogP contribution >= 0.6 is 11.6 Å². The van der Waals surface area contributed by atoms with Crippen molar-refractivity contribution < 1.29 is 23.9 Å². The van der Waals surface area contributed by atoms with Gasteiger partial charge in [-0.2, -0.15) is 5.10 Å². The van der Waals surface area contributed by atoms with Crippen LogP contribution in [0.4, 0.5) is 11.4 Å². The quantitative estimate of drug-likeness (QED) is 0.564. The lowest BCUT2D eigenvalue weighted by Gasteiger charge is -2.23. The molecule has 0 bridgehead atoms. The van der Waals surface area contributed by atoms with Gasteiger partial charge in [0, 0.05) is 5.02 Å². The van der Waals surface area contributed by atoms with E-state index in [-0.39, 0.29) is 5.71 Å². The fraction of sp³-hybridized carbons (Fsp3) is 0.200. The van der Waals surface area contributed by atoms with Gasteiger partial charge in [0.15, 0.2) is 5.71 Å². The van der Waals surface area contributed by atoms with Gasteiger partial charge in [0.25, 0.3) is 5.91 Å². The van der Waals surface area contributed by atoms with Crippen molar-refractivity contribution in [3.05, 3.63) is 53.6 Å². The monoisotopic (exact) mass is 413 g/mol. The zero-order chi connectivity index (χ0) is 20.7. The van der Waals surface area contributed by atoms with Gasteiger partial charge in [-0.25, -0.2) is 9.69 Å². The molecule has 1 fully saturated rings. The molecule has 0 unspecified atom stereocenters. The minimum Gasteiger partial charge on any atom is -0.495 e. The summed E-state index contributed by atoms with van der Waals surface area (Å²) in [4.78, 5) is 39.9. The number of halogens is 1. The topological polar surface area (TPSA) is 88.5 Å². The molecule has 2 aliphatic heterocycles. The highest BCUT2D eigenvalue weighted by Gasteiger charge is 2.59. The van der Waals surface area contributed by atoms with Crippen LogP contribution in [0.1, 0.15) is 0 Å². The van der Waals surface area contributed by atoms with E-state index >= 15 is 0 Å². The molecule has 0 aromatic heterocycles. The van der Waals surface area contributed by atoms with Gasteiger partial charge in [-0.1, -0.05) is 29.8 Å². The van der Waals surface area contributed by atoms with Crippen LogP contribution in [0.2, 0.25) is 5.02 Å². The molecule has 148 valence electrons. The summed E-state index contributed by atoms with van der Waals surface area (Å²) >= 11 is 6.08. The third kappa shape index (κ3) is 2.92. The van der Waals surface area contributed by atoms with Crippen molar-refractivity contribution in [2.24, 2.45) is 11.0 Å². The highest BCUT2D eigenvalue weighted by Crippen LogP contribution is 2.40. The van der Waals surface area contributed by atoms with Gasteiger partial charge in [0.1, 0.15) is 17.7 Å². The maximum absolute atomic E-state index is 13.3. The number of benzene rings is 2. The highest BCUT2D eigenvalue weighted by molar-refractivity contribution is 6.47. The van der Waals surface area contributed by atoms with Crippen LogP contribution in [0.15, 0.2) is 53.6 Å². The number of hydrogen-bond acceptors (Lipinski definition) is 7. The van der Waals surface area contributed by atoms with Crippen molar-refractivity contribution in [2.75, 3.05) is 24.1 Å². The average molecular weight is 414 g/mol. The SMILES string of the molecule is COC(=O)C1=NN(c2cccc(Cl)c2)[C@@H]2C(=O)N(c3ccccc3OC)C(=O)[C@H]12. The van der Waals surface area contributed by atoms with Crippen LogP contribution in [0.25, 0.3) is 0 Å². The van der Waals surface area contributed by atoms with E-state index in [2.05, 4.69) is 5.10 Å². The summed E-state index contributed by atoms with van der Waals surface area (Å²) in [7, 11) is 2.64. The molecule has 0 spiro atoms. The Labute approximate surface area is 171 Å². The van der Waals surface area contributed by atoms with Crippen LogP contribution in [0, 0.1) is 5.92 Å². The highest BCUT2D eigenvalue weighted by atomic mass is 35.5. The summed E-state index contributed by atoms with van der Waals surface area (Å²) in [5.74, 6) is -2.60. The number of ether oxygens (including phenoxy) is 2. The van der Waals surface area contributed by atoms with E-state index in [1.54, 1.807) is 48.5 Å². The van der Waals surface area contributed by atoms with Crippen LogP contribution in [-0.2, 0) is 19.1 Å². The number of methoxy groups -OCH3 is 2. The molecule has 8 nitrogen and oxygen atoms in total. The second-order valence-corrected chi connectivity index (χ2v) is 6.84. The Kier molecular flexibility index (Phi) is 4.71. The lowest BCUT2D eigenvalue weighted by Crippen LogP contribution is -2.39. The number of carbonyl (C=O) groups is 3. The lowest BCUT2D eigenvalue weighted by atomic mass is 9.98. The van der Waals surface area contributed by atoms with Crippen LogP contribution < -0.4 is 14.6 Å². The van der Waals surface area contributed by atoms with E-state index in [0.29, 0.717) is 22.1 Å². The summed E-state index contributed by atoms with van der Waals surface area (Å²) < 4.78 is 10.1. The second kappa shape index (κ2) is 7.21. The van der Waals surface area contributed by atoms with Gasteiger partial charge >= 0.3 is 5.97 Å². The third-order valence-corrected chi connectivity index (χ3v) is 5.08. The van der Waals surface area contributed by atoms with Gasteiger partial charge in [-0.05, 0) is 30.3 Å². The van der Waals surface area contributed by atoms with E-state index < -0.39 is 29.7 Å². The van der Waals surface area contributed by atoms with Crippen molar-refractivity contribution in [3.63, 3.8) is 0 Å². The van der Waals surface area contributed by atoms with Gasteiger partial charge in [-0.15, -0.1) is 0 Å². The van der Waals surface area contributed by atoms with Gasteiger partial charge in [-0.3, -0.25) is 14.6 Å². The largest absolute Gasteiger partial charge is 0.495 e. The first kappa shape index (κ1) is 18.9. The fourth-order valence-electron chi connectivity index (χ4n) is 3.57. The Hall–Kier alpha value is -3.39. The Bertz CT molecular complexity index is 1050. The number of hydrogen-bond donors (Lipinski definition) is 0. The molecule has 2 atom stereocenters. The Balaban J connectivity index is 1.83. The molecule has 9 heteroatoms. The molecule has 2 aromatic carbocycles. The average Bonchev–Trinajstić information content (AvgIpc) is 3.24. The molecule has 0 saturated carbocycles. The Morgan fingerprint density at radius 3 is 2.52 bits per heavy atom. The number of rotatable bonds is 4. The van der Waals surface area contributed by atoms with Crippen molar-refractivity contribution >= 4 is 46.5 Å². The molecule has 0 radical (unpaired) electrons. The second-order valence-electron chi connectivity index (χ2n) is 6.41. The number of nitrogens with zero attached hydrogens (tertiary/aromatic N) is 3. The molecular formula is C20H16ClN3O5. The summed E-state index contributed by atoms with van der Waals surface area (Å²) in [5, 5.41) is 6.02. The first-order valence-electron chi connectivity index (χ1n) is 8.70. The maximum Gasteiger partial charge on any atom is 0.355 e. The maximum atomic E-state index is 13.3. The van der Waals surface area contributed by atoms with Crippen LogP contribution in [0.5, 0.6) is 5.75 Å². The van der Waals surface area contributed by atoms with Gasteiger partial charge < -0.3 is 9.47 Å². The van der Waals surface area contributed by atoms with Crippen molar-refractivity contribution in [3.8, 4) is 5.75 Å². The van der Waals surface area contributed by atoms with Gasteiger partial charge in [0.2, 0.25) is 5.91 Å². The molecule has 2 aromatic rings. The molecule has 1 saturated heterocycles. The van der Waals surface area contributed by atoms with Crippen molar-refractivity contribution in [2.45, 2.75) is 6.04 Å². The molecule has 2 amide bonds. The standard InChI is InChI=1S/C20H16ClN3O5/c1-28-14-9-4-3-8-13(14)23-18(25)15-16(20(27)29-2)22-24(17(15)19(23)26)12-7-5-6-11(21)10-12/h3-10,15,17H,1-2H3/t15-,17+/m1/s1. The van der Waals surface area contributed by atoms with Gasteiger partial charge in [0.05, 0.1) is 25.6 Å². The van der Waals surface area contributed by atoms with Crippen molar-refractivity contribution in [1.29, 1.82) is 0 Å². The molecule has 29 heavy (non-hydrogen) atoms. The molecular weight excluding hydrogens is 398 g/mol. The normalized spacial score (nSPS) is 20.6. The van der Waals surface area contributed by atoms with E-state index in [1.807, 2.05) is 0 Å². The predicted octanol–water partition coefficient (Wildman–Crippen LogP) is 2.26. The summed E-state index contributed by atoms with van der Waals surface area (Å²) in [5.41, 5.74) is 0.650. The van der Waals surface area contributed by atoms with E-state index in [1.165, 1.54) is 19.2 Å². The zero-order valence-corrected chi connectivity index (χ0v) is 16.3. The van der Waals surface area contributed by atoms with Crippen LogP contribution in [0.3, 0.4) is 0 Å². The van der Waals surface area contributed by atoms with Crippen LogP contribution in [-0.4, -0.2) is 43.8 Å². The smallest absolute Gasteiger partial charge is 0.355 e. The number of hydrazone groups is 1. The molecule has 4 rings (SSSR count). The summed E-state index contributed by atoms with van der Waals surface area (Å²) in [6, 6.07) is 12.3. The first-order chi connectivity index (χ1) is 14.0. The molecule has 0 aliphatic carbocycles. The minimum absolute atomic E-state index is 0.131. The summed E-state index contributed by atoms with van der Waals surface area (Å²) in [6.45, 7) is 0. The molecule has 2 heterocycles. The number of imide groups is 1. The zero-order valence-electron chi connectivity index (χ0n) is 15.5. The van der Waals surface area contributed by atoms with E-state index in [4.69, 9.17) is 21.1 Å². The number of esters is 1. The molecule has 2 aliphatic rings. The lowest BCUT2D eigenvalue weighted by molar-refractivity contribution is -0.133. The number of anilines is 2. The fourth-order valence-corrected chi connectivity index (χ4v) is 3.76. The molecule has 0 N–H and O–H groups in total. The third-order valence-electron chi connectivity index (χ3n) is 4.84. The number of fused-ring (bicyclic) bond motifs is 1. The number of para-hydroxylation sites is 2. The Morgan fingerprint density at radius 1 is 1.07 bits per heavy atom. The Morgan fingerprint density at radius 2 is 1.83 bits per heavy atom. The van der Waals surface area contributed by atoms with E-state index in [9.17, 15) is 14.4 Å². The predicted molar refractivity (Wildman–Crippen MR) is 106 cm³/mol. The summed E-state index contributed by atoms with van der Waals surface area (Å²) in [6.07, 6.45) is 0.